The van der Waals surface area contributed by atoms with Gasteiger partial charge in [-0.3, -0.25) is 5.32 Å². The van der Waals surface area contributed by atoms with Gasteiger partial charge in [0.1, 0.15) is 12.0 Å². The van der Waals surface area contributed by atoms with Crippen molar-refractivity contribution in [1.82, 2.24) is 10.6 Å². The Bertz CT molecular complexity index is 366. The normalized spacial score (nSPS) is 18.6. The van der Waals surface area contributed by atoms with Crippen LogP contribution in [-0.2, 0) is 0 Å². The van der Waals surface area contributed by atoms with Crippen molar-refractivity contribution in [3.05, 3.63) is 29.3 Å². The first-order chi connectivity index (χ1) is 8.66. The zero-order chi connectivity index (χ0) is 13.0. The Morgan fingerprint density at radius 2 is 1.83 bits per heavy atom. The molecule has 1 aromatic rings. The van der Waals surface area contributed by atoms with E-state index < -0.39 is 0 Å². The van der Waals surface area contributed by atoms with Crippen molar-refractivity contribution in [3.8, 4) is 5.75 Å². The highest BCUT2D eigenvalue weighted by Crippen LogP contribution is 2.23. The van der Waals surface area contributed by atoms with Gasteiger partial charge in [-0.25, -0.2) is 0 Å². The highest BCUT2D eigenvalue weighted by atomic mass is 16.5. The van der Waals surface area contributed by atoms with Crippen molar-refractivity contribution in [2.45, 2.75) is 45.9 Å². The molecule has 0 bridgehead atoms. The lowest BCUT2D eigenvalue weighted by molar-refractivity contribution is 0.154. The Kier molecular flexibility index (Phi) is 4.61. The van der Waals surface area contributed by atoms with Crippen molar-refractivity contribution < 1.29 is 4.74 Å². The fourth-order valence-electron chi connectivity index (χ4n) is 2.52. The quantitative estimate of drug-likeness (QED) is 0.803. The number of aryl methyl sites for hydroxylation is 2. The Labute approximate surface area is 110 Å². The van der Waals surface area contributed by atoms with E-state index in [1.807, 2.05) is 0 Å². The van der Waals surface area contributed by atoms with Crippen molar-refractivity contribution in [2.75, 3.05) is 13.1 Å². The molecule has 0 saturated carbocycles. The molecule has 1 atom stereocenters. The first-order valence-corrected chi connectivity index (χ1v) is 6.86. The molecule has 2 N–H and O–H groups in total. The number of piperidine rings is 1. The molecule has 18 heavy (non-hydrogen) atoms. The van der Waals surface area contributed by atoms with Crippen LogP contribution in [0.25, 0.3) is 0 Å². The molecule has 0 aliphatic carbocycles. The van der Waals surface area contributed by atoms with Crippen molar-refractivity contribution >= 4 is 0 Å². The summed E-state index contributed by atoms with van der Waals surface area (Å²) in [6, 6.07) is 6.84. The third-order valence-electron chi connectivity index (χ3n) is 3.51. The van der Waals surface area contributed by atoms with Crippen LogP contribution in [0.2, 0.25) is 0 Å². The molecule has 1 aliphatic heterocycles. The topological polar surface area (TPSA) is 33.3 Å². The number of benzene rings is 1. The van der Waals surface area contributed by atoms with Crippen LogP contribution >= 0.6 is 0 Å². The molecule has 1 saturated heterocycles. The lowest BCUT2D eigenvalue weighted by Crippen LogP contribution is -2.45. The Morgan fingerprint density at radius 3 is 2.44 bits per heavy atom. The monoisotopic (exact) mass is 248 g/mol. The van der Waals surface area contributed by atoms with E-state index in [9.17, 15) is 0 Å². The number of nitrogens with one attached hydrogen (secondary N) is 2. The van der Waals surface area contributed by atoms with Crippen LogP contribution in [0.3, 0.4) is 0 Å². The lowest BCUT2D eigenvalue weighted by atomic mass is 10.1. The molecule has 0 radical (unpaired) electrons. The van der Waals surface area contributed by atoms with Crippen LogP contribution in [0, 0.1) is 13.8 Å². The molecule has 0 amide bonds. The van der Waals surface area contributed by atoms with Crippen LogP contribution < -0.4 is 15.4 Å². The first-order valence-electron chi connectivity index (χ1n) is 6.86. The summed E-state index contributed by atoms with van der Waals surface area (Å²) < 4.78 is 6.05. The third kappa shape index (κ3) is 3.47. The van der Waals surface area contributed by atoms with Gasteiger partial charge in [0.25, 0.3) is 0 Å². The second-order valence-corrected chi connectivity index (χ2v) is 5.17. The maximum atomic E-state index is 6.05. The molecule has 0 spiro atoms. The first kappa shape index (κ1) is 13.4. The van der Waals surface area contributed by atoms with E-state index in [1.54, 1.807) is 0 Å². The minimum absolute atomic E-state index is 0.0629. The van der Waals surface area contributed by atoms with Gasteiger partial charge in [0.05, 0.1) is 0 Å². The van der Waals surface area contributed by atoms with Gasteiger partial charge in [0, 0.05) is 6.04 Å². The number of para-hydroxylation sites is 1. The summed E-state index contributed by atoms with van der Waals surface area (Å²) in [6.45, 7) is 8.49. The van der Waals surface area contributed by atoms with Gasteiger partial charge in [-0.15, -0.1) is 0 Å². The van der Waals surface area contributed by atoms with Crippen LogP contribution in [-0.4, -0.2) is 25.4 Å². The summed E-state index contributed by atoms with van der Waals surface area (Å²) in [5.41, 5.74) is 2.41. The van der Waals surface area contributed by atoms with Gasteiger partial charge in [0.2, 0.25) is 0 Å². The highest BCUT2D eigenvalue weighted by Gasteiger charge is 2.16. The maximum absolute atomic E-state index is 6.05. The second kappa shape index (κ2) is 6.21. The SMILES string of the molecule is Cc1cccc(C)c1OC(C)NC1CCNCC1. The van der Waals surface area contributed by atoms with Crippen molar-refractivity contribution in [3.63, 3.8) is 0 Å². The van der Waals surface area contributed by atoms with E-state index >= 15 is 0 Å². The molecule has 0 aromatic heterocycles. The lowest BCUT2D eigenvalue weighted by Gasteiger charge is -2.28. The molecule has 1 aliphatic rings. The number of ether oxygens (including phenoxy) is 1. The van der Waals surface area contributed by atoms with Crippen molar-refractivity contribution in [2.24, 2.45) is 0 Å². The van der Waals surface area contributed by atoms with Crippen LogP contribution in [0.5, 0.6) is 5.75 Å². The molecule has 3 heteroatoms. The standard InChI is InChI=1S/C15H24N2O/c1-11-5-4-6-12(2)15(11)18-13(3)17-14-7-9-16-10-8-14/h4-6,13-14,16-17H,7-10H2,1-3H3. The van der Waals surface area contributed by atoms with Crippen LogP contribution in [0.4, 0.5) is 0 Å². The minimum Gasteiger partial charge on any atom is -0.475 e. The summed E-state index contributed by atoms with van der Waals surface area (Å²) in [7, 11) is 0. The molecule has 1 unspecified atom stereocenters. The van der Waals surface area contributed by atoms with Gasteiger partial charge in [-0.1, -0.05) is 18.2 Å². The Hall–Kier alpha value is -1.06. The highest BCUT2D eigenvalue weighted by molar-refractivity contribution is 5.39. The van der Waals surface area contributed by atoms with Gasteiger partial charge >= 0.3 is 0 Å². The summed E-state index contributed by atoms with van der Waals surface area (Å²) in [4.78, 5) is 0. The molecule has 100 valence electrons. The third-order valence-corrected chi connectivity index (χ3v) is 3.51. The van der Waals surface area contributed by atoms with E-state index in [-0.39, 0.29) is 6.23 Å². The summed E-state index contributed by atoms with van der Waals surface area (Å²) >= 11 is 0. The summed E-state index contributed by atoms with van der Waals surface area (Å²) in [5, 5.41) is 6.93. The zero-order valence-electron chi connectivity index (χ0n) is 11.6. The summed E-state index contributed by atoms with van der Waals surface area (Å²) in [6.07, 6.45) is 2.42. The van der Waals surface area contributed by atoms with E-state index in [4.69, 9.17) is 4.74 Å². The smallest absolute Gasteiger partial charge is 0.147 e. The fourth-order valence-corrected chi connectivity index (χ4v) is 2.52. The predicted molar refractivity (Wildman–Crippen MR) is 75.0 cm³/mol. The molecule has 1 fully saturated rings. The van der Waals surface area contributed by atoms with Gasteiger partial charge in [-0.05, 0) is 57.8 Å². The van der Waals surface area contributed by atoms with Gasteiger partial charge in [0.15, 0.2) is 0 Å². The van der Waals surface area contributed by atoms with Crippen LogP contribution in [0.15, 0.2) is 18.2 Å². The van der Waals surface area contributed by atoms with E-state index in [0.717, 1.165) is 18.8 Å². The number of rotatable bonds is 4. The Balaban J connectivity index is 1.92. The minimum atomic E-state index is 0.0629. The number of hydrogen-bond donors (Lipinski definition) is 2. The molecular formula is C15H24N2O. The molecular weight excluding hydrogens is 224 g/mol. The summed E-state index contributed by atoms with van der Waals surface area (Å²) in [5.74, 6) is 1.02. The van der Waals surface area contributed by atoms with E-state index in [2.05, 4.69) is 49.6 Å². The molecule has 2 rings (SSSR count). The molecule has 1 heterocycles. The van der Waals surface area contributed by atoms with Gasteiger partial charge in [-0.2, -0.15) is 0 Å². The van der Waals surface area contributed by atoms with E-state index in [0.29, 0.717) is 6.04 Å². The largest absolute Gasteiger partial charge is 0.475 e. The zero-order valence-corrected chi connectivity index (χ0v) is 11.6. The average molecular weight is 248 g/mol. The second-order valence-electron chi connectivity index (χ2n) is 5.17. The maximum Gasteiger partial charge on any atom is 0.147 e. The Morgan fingerprint density at radius 1 is 1.22 bits per heavy atom. The average Bonchev–Trinajstić information content (AvgIpc) is 2.35. The van der Waals surface area contributed by atoms with E-state index in [1.165, 1.54) is 24.0 Å². The number of hydrogen-bond acceptors (Lipinski definition) is 3. The molecule has 3 nitrogen and oxygen atoms in total. The van der Waals surface area contributed by atoms with Crippen LogP contribution in [0.1, 0.15) is 30.9 Å². The fraction of sp³-hybridized carbons (Fsp3) is 0.600. The van der Waals surface area contributed by atoms with Crippen molar-refractivity contribution in [1.29, 1.82) is 0 Å². The molecule has 1 aromatic carbocycles. The predicted octanol–water partition coefficient (Wildman–Crippen LogP) is 2.37. The van der Waals surface area contributed by atoms with Gasteiger partial charge < -0.3 is 10.1 Å².